The maximum absolute atomic E-state index is 11.7. The van der Waals surface area contributed by atoms with Gasteiger partial charge in [0.05, 0.1) is 0 Å². The largest absolute Gasteiger partial charge is 0.479 e. The standard InChI is InChI=1S/C18H31N3O3/c1-13(2)10-16(19)18(24,17(22)23)12-14-11-15(6-7-20-14)21-8-4-3-5-9-21/h6-7,11,13-14,16,20,24H,3-5,8-10,12,19H2,1-2H3,(H,22,23)/t14?,16-,18+/m0/s1. The molecule has 0 bridgehead atoms. The molecule has 0 aromatic rings. The number of allylic oxidation sites excluding steroid dienone is 1. The molecule has 24 heavy (non-hydrogen) atoms. The Balaban J connectivity index is 2.09. The van der Waals surface area contributed by atoms with E-state index in [0.29, 0.717) is 6.42 Å². The molecule has 0 spiro atoms. The molecule has 2 aliphatic heterocycles. The first-order chi connectivity index (χ1) is 11.3. The van der Waals surface area contributed by atoms with Gasteiger partial charge in [-0.2, -0.15) is 0 Å². The van der Waals surface area contributed by atoms with E-state index in [1.807, 2.05) is 32.2 Å². The van der Waals surface area contributed by atoms with Crippen LogP contribution in [0.2, 0.25) is 0 Å². The quantitative estimate of drug-likeness (QED) is 0.561. The van der Waals surface area contributed by atoms with Gasteiger partial charge in [0.15, 0.2) is 5.60 Å². The van der Waals surface area contributed by atoms with Crippen LogP contribution in [0.3, 0.4) is 0 Å². The first-order valence-corrected chi connectivity index (χ1v) is 8.93. The molecule has 5 N–H and O–H groups in total. The van der Waals surface area contributed by atoms with Crippen LogP contribution in [0.25, 0.3) is 0 Å². The third-order valence-electron chi connectivity index (χ3n) is 4.90. The Morgan fingerprint density at radius 2 is 2.08 bits per heavy atom. The predicted octanol–water partition coefficient (Wildman–Crippen LogP) is 1.42. The molecule has 6 nitrogen and oxygen atoms in total. The van der Waals surface area contributed by atoms with E-state index in [4.69, 9.17) is 5.73 Å². The Kier molecular flexibility index (Phi) is 6.29. The lowest BCUT2D eigenvalue weighted by Crippen LogP contribution is -2.57. The van der Waals surface area contributed by atoms with Gasteiger partial charge in [-0.3, -0.25) is 0 Å². The van der Waals surface area contributed by atoms with Crippen LogP contribution < -0.4 is 11.1 Å². The zero-order valence-corrected chi connectivity index (χ0v) is 14.7. The maximum atomic E-state index is 11.7. The van der Waals surface area contributed by atoms with Crippen molar-refractivity contribution in [3.8, 4) is 0 Å². The SMILES string of the molecule is CC(C)C[C@H](N)[C@](O)(CC1C=C(N2CCCCC2)C=CN1)C(=O)O. The molecule has 0 saturated carbocycles. The summed E-state index contributed by atoms with van der Waals surface area (Å²) in [5, 5.41) is 23.4. The number of rotatable bonds is 7. The number of likely N-dealkylation sites (tertiary alicyclic amines) is 1. The van der Waals surface area contributed by atoms with Gasteiger partial charge in [-0.05, 0) is 50.0 Å². The molecule has 3 atom stereocenters. The van der Waals surface area contributed by atoms with Gasteiger partial charge in [0, 0.05) is 37.3 Å². The second kappa shape index (κ2) is 8.03. The number of carboxylic acid groups (broad SMARTS) is 1. The monoisotopic (exact) mass is 337 g/mol. The maximum Gasteiger partial charge on any atom is 0.337 e. The van der Waals surface area contributed by atoms with Gasteiger partial charge < -0.3 is 26.2 Å². The fraction of sp³-hybridized carbons (Fsp3) is 0.722. The normalized spacial score (nSPS) is 25.0. The van der Waals surface area contributed by atoms with E-state index in [1.165, 1.54) is 19.3 Å². The lowest BCUT2D eigenvalue weighted by Gasteiger charge is -2.36. The van der Waals surface area contributed by atoms with Crippen molar-refractivity contribution in [2.45, 2.75) is 63.6 Å². The van der Waals surface area contributed by atoms with E-state index in [2.05, 4.69) is 10.2 Å². The van der Waals surface area contributed by atoms with Crippen LogP contribution in [0.4, 0.5) is 0 Å². The first kappa shape index (κ1) is 18.8. The zero-order chi connectivity index (χ0) is 17.7. The molecule has 0 aromatic carbocycles. The van der Waals surface area contributed by atoms with Crippen LogP contribution in [-0.2, 0) is 4.79 Å². The molecular weight excluding hydrogens is 306 g/mol. The Labute approximate surface area is 144 Å². The van der Waals surface area contributed by atoms with Crippen molar-refractivity contribution in [2.75, 3.05) is 13.1 Å². The first-order valence-electron chi connectivity index (χ1n) is 8.93. The van der Waals surface area contributed by atoms with Gasteiger partial charge in [0.2, 0.25) is 0 Å². The topological polar surface area (TPSA) is 98.8 Å². The Morgan fingerprint density at radius 3 is 2.67 bits per heavy atom. The Hall–Kier alpha value is -1.53. The highest BCUT2D eigenvalue weighted by Crippen LogP contribution is 2.25. The molecule has 0 aliphatic carbocycles. The van der Waals surface area contributed by atoms with Gasteiger partial charge in [0.25, 0.3) is 0 Å². The summed E-state index contributed by atoms with van der Waals surface area (Å²) in [5.74, 6) is -1.02. The molecule has 0 amide bonds. The van der Waals surface area contributed by atoms with Crippen molar-refractivity contribution in [3.63, 3.8) is 0 Å². The predicted molar refractivity (Wildman–Crippen MR) is 94.2 cm³/mol. The highest BCUT2D eigenvalue weighted by Gasteiger charge is 2.44. The van der Waals surface area contributed by atoms with Gasteiger partial charge in [-0.1, -0.05) is 13.8 Å². The second-order valence-electron chi connectivity index (χ2n) is 7.42. The van der Waals surface area contributed by atoms with Crippen molar-refractivity contribution in [3.05, 3.63) is 24.0 Å². The molecule has 1 unspecified atom stereocenters. The number of hydrogen-bond acceptors (Lipinski definition) is 5. The van der Waals surface area contributed by atoms with Crippen molar-refractivity contribution >= 4 is 5.97 Å². The van der Waals surface area contributed by atoms with Crippen LogP contribution >= 0.6 is 0 Å². The molecule has 1 saturated heterocycles. The summed E-state index contributed by atoms with van der Waals surface area (Å²) in [5.41, 5.74) is 5.21. The minimum Gasteiger partial charge on any atom is -0.479 e. The summed E-state index contributed by atoms with van der Waals surface area (Å²) in [4.78, 5) is 14.0. The van der Waals surface area contributed by atoms with Crippen LogP contribution in [0, 0.1) is 5.92 Å². The van der Waals surface area contributed by atoms with E-state index in [9.17, 15) is 15.0 Å². The lowest BCUT2D eigenvalue weighted by molar-refractivity contribution is -0.162. The summed E-state index contributed by atoms with van der Waals surface area (Å²) in [6.07, 6.45) is 10.0. The van der Waals surface area contributed by atoms with E-state index in [-0.39, 0.29) is 18.4 Å². The van der Waals surface area contributed by atoms with Gasteiger partial charge in [0.1, 0.15) is 0 Å². The van der Waals surface area contributed by atoms with Crippen molar-refractivity contribution in [1.82, 2.24) is 10.2 Å². The summed E-state index contributed by atoms with van der Waals surface area (Å²) in [6, 6.07) is -1.04. The number of nitrogens with zero attached hydrogens (tertiary/aromatic N) is 1. The average Bonchev–Trinajstić information content (AvgIpc) is 2.55. The van der Waals surface area contributed by atoms with Crippen LogP contribution in [0.1, 0.15) is 46.0 Å². The fourth-order valence-electron chi connectivity index (χ4n) is 3.48. The summed E-state index contributed by atoms with van der Waals surface area (Å²) in [7, 11) is 0. The van der Waals surface area contributed by atoms with E-state index < -0.39 is 17.6 Å². The molecule has 1 fully saturated rings. The van der Waals surface area contributed by atoms with Crippen LogP contribution in [0.5, 0.6) is 0 Å². The minimum atomic E-state index is -1.93. The number of aliphatic carboxylic acids is 1. The highest BCUT2D eigenvalue weighted by atomic mass is 16.4. The molecule has 6 heteroatoms. The fourth-order valence-corrected chi connectivity index (χ4v) is 3.48. The molecule has 0 aromatic heterocycles. The van der Waals surface area contributed by atoms with Crippen LogP contribution in [-0.4, -0.2) is 51.9 Å². The van der Waals surface area contributed by atoms with Gasteiger partial charge in [-0.25, -0.2) is 4.79 Å². The highest BCUT2D eigenvalue weighted by molar-refractivity contribution is 5.78. The zero-order valence-electron chi connectivity index (χ0n) is 14.7. The number of nitrogens with two attached hydrogens (primary N) is 1. The Morgan fingerprint density at radius 1 is 1.42 bits per heavy atom. The third kappa shape index (κ3) is 4.51. The smallest absolute Gasteiger partial charge is 0.337 e. The average molecular weight is 337 g/mol. The molecule has 2 aliphatic rings. The van der Waals surface area contributed by atoms with Crippen LogP contribution in [0.15, 0.2) is 24.0 Å². The van der Waals surface area contributed by atoms with Gasteiger partial charge >= 0.3 is 5.97 Å². The number of carbonyl (C=O) groups is 1. The van der Waals surface area contributed by atoms with Gasteiger partial charge in [-0.15, -0.1) is 0 Å². The minimum absolute atomic E-state index is 0.0535. The second-order valence-corrected chi connectivity index (χ2v) is 7.42. The Bertz CT molecular complexity index is 498. The van der Waals surface area contributed by atoms with E-state index >= 15 is 0 Å². The van der Waals surface area contributed by atoms with Crippen molar-refractivity contribution < 1.29 is 15.0 Å². The summed E-state index contributed by atoms with van der Waals surface area (Å²) < 4.78 is 0. The third-order valence-corrected chi connectivity index (χ3v) is 4.90. The number of carboxylic acids is 1. The van der Waals surface area contributed by atoms with Crippen molar-refractivity contribution in [1.29, 1.82) is 0 Å². The van der Waals surface area contributed by atoms with E-state index in [0.717, 1.165) is 18.8 Å². The van der Waals surface area contributed by atoms with E-state index in [1.54, 1.807) is 0 Å². The summed E-state index contributed by atoms with van der Waals surface area (Å²) >= 11 is 0. The van der Waals surface area contributed by atoms with Crippen molar-refractivity contribution in [2.24, 2.45) is 11.7 Å². The number of dihydropyridines is 1. The molecule has 0 radical (unpaired) electrons. The number of aliphatic hydroxyl groups is 1. The molecule has 2 rings (SSSR count). The molecular formula is C18H31N3O3. The lowest BCUT2D eigenvalue weighted by atomic mass is 9.83. The number of piperidine rings is 1. The molecule has 136 valence electrons. The summed E-state index contributed by atoms with van der Waals surface area (Å²) in [6.45, 7) is 5.99. The number of hydrogen-bond donors (Lipinski definition) is 4. The number of nitrogens with one attached hydrogen (secondary N) is 1. The molecule has 2 heterocycles.